The van der Waals surface area contributed by atoms with Crippen molar-refractivity contribution in [1.29, 1.82) is 0 Å². The Morgan fingerprint density at radius 2 is 1.18 bits per heavy atom. The Balaban J connectivity index is 2.11. The van der Waals surface area contributed by atoms with Crippen molar-refractivity contribution in [2.75, 3.05) is 35.5 Å². The molecule has 0 amide bonds. The Bertz CT molecular complexity index is 1340. The van der Waals surface area contributed by atoms with Crippen LogP contribution in [0.2, 0.25) is 0 Å². The maximum atomic E-state index is 13.6. The molecule has 4 rings (SSSR count). The van der Waals surface area contributed by atoms with Gasteiger partial charge in [0.2, 0.25) is 11.2 Å². The van der Waals surface area contributed by atoms with Crippen molar-refractivity contribution in [2.45, 2.75) is 0 Å². The minimum atomic E-state index is -0.348. The molecule has 0 aliphatic rings. The van der Waals surface area contributed by atoms with Gasteiger partial charge in [0.15, 0.2) is 11.3 Å². The highest BCUT2D eigenvalue weighted by Gasteiger charge is 2.25. The molecule has 1 heterocycles. The first-order chi connectivity index (χ1) is 16.1. The van der Waals surface area contributed by atoms with Crippen LogP contribution in [-0.2, 0) is 0 Å². The molecule has 0 unspecified atom stereocenters. The van der Waals surface area contributed by atoms with Gasteiger partial charge in [0.1, 0.15) is 28.4 Å². The monoisotopic (exact) mass is 448 g/mol. The Hall–Kier alpha value is -4.13. The van der Waals surface area contributed by atoms with Gasteiger partial charge >= 0.3 is 0 Å². The molecule has 4 aromatic rings. The Morgan fingerprint density at radius 3 is 1.67 bits per heavy atom. The van der Waals surface area contributed by atoms with Crippen LogP contribution in [0.4, 0.5) is 0 Å². The minimum Gasteiger partial charge on any atom is -0.497 e. The van der Waals surface area contributed by atoms with Gasteiger partial charge in [-0.1, -0.05) is 12.1 Å². The Morgan fingerprint density at radius 1 is 0.636 bits per heavy atom. The largest absolute Gasteiger partial charge is 0.497 e. The van der Waals surface area contributed by atoms with E-state index >= 15 is 0 Å². The van der Waals surface area contributed by atoms with Gasteiger partial charge in [0.25, 0.3) is 0 Å². The van der Waals surface area contributed by atoms with Gasteiger partial charge in [0.05, 0.1) is 41.1 Å². The maximum Gasteiger partial charge on any atom is 0.239 e. The van der Waals surface area contributed by atoms with Gasteiger partial charge in [0, 0.05) is 11.6 Å². The fourth-order valence-electron chi connectivity index (χ4n) is 3.77. The quantitative estimate of drug-likeness (QED) is 0.386. The van der Waals surface area contributed by atoms with Crippen LogP contribution in [0.1, 0.15) is 0 Å². The second-order valence-corrected chi connectivity index (χ2v) is 7.11. The molecule has 1 aromatic heterocycles. The highest BCUT2D eigenvalue weighted by atomic mass is 16.5. The van der Waals surface area contributed by atoms with Crippen molar-refractivity contribution in [3.05, 3.63) is 64.8 Å². The zero-order valence-electron chi connectivity index (χ0n) is 19.1. The van der Waals surface area contributed by atoms with E-state index in [0.717, 1.165) is 5.56 Å². The lowest BCUT2D eigenvalue weighted by molar-refractivity contribution is 0.389. The van der Waals surface area contributed by atoms with Crippen LogP contribution in [0.15, 0.2) is 63.8 Å². The highest BCUT2D eigenvalue weighted by molar-refractivity contribution is 6.00. The molecule has 0 aliphatic heterocycles. The zero-order chi connectivity index (χ0) is 23.5. The van der Waals surface area contributed by atoms with Crippen LogP contribution in [0.5, 0.6) is 28.7 Å². The number of methoxy groups -OCH3 is 5. The minimum absolute atomic E-state index is 0.0804. The summed E-state index contributed by atoms with van der Waals surface area (Å²) in [5.74, 6) is 2.59. The molecule has 0 saturated carbocycles. The molecule has 7 nitrogen and oxygen atoms in total. The average molecular weight is 448 g/mol. The van der Waals surface area contributed by atoms with Crippen molar-refractivity contribution in [3.8, 4) is 51.2 Å². The molecule has 0 saturated heterocycles. The molecule has 0 atom stereocenters. The summed E-state index contributed by atoms with van der Waals surface area (Å²) in [6, 6.07) is 16.3. The van der Waals surface area contributed by atoms with Crippen LogP contribution in [0.25, 0.3) is 33.4 Å². The van der Waals surface area contributed by atoms with Crippen molar-refractivity contribution < 1.29 is 28.1 Å². The topological polar surface area (TPSA) is 76.4 Å². The number of rotatable bonds is 7. The van der Waals surface area contributed by atoms with Crippen LogP contribution < -0.4 is 29.1 Å². The fraction of sp³-hybridized carbons (Fsp3) is 0.192. The first kappa shape index (κ1) is 22.1. The third-order valence-electron chi connectivity index (χ3n) is 5.43. The summed E-state index contributed by atoms with van der Waals surface area (Å²) in [4.78, 5) is 13.6. The molecule has 0 radical (unpaired) electrons. The number of hydrogen-bond acceptors (Lipinski definition) is 7. The summed E-state index contributed by atoms with van der Waals surface area (Å²) < 4.78 is 33.6. The average Bonchev–Trinajstić information content (AvgIpc) is 2.87. The lowest BCUT2D eigenvalue weighted by Crippen LogP contribution is -2.10. The lowest BCUT2D eigenvalue weighted by Gasteiger charge is -2.17. The van der Waals surface area contributed by atoms with Crippen LogP contribution in [0.3, 0.4) is 0 Å². The van der Waals surface area contributed by atoms with Crippen molar-refractivity contribution >= 4 is 11.0 Å². The van der Waals surface area contributed by atoms with Gasteiger partial charge in [-0.25, -0.2) is 0 Å². The van der Waals surface area contributed by atoms with E-state index in [1.54, 1.807) is 51.7 Å². The third kappa shape index (κ3) is 3.82. The van der Waals surface area contributed by atoms with Crippen LogP contribution in [-0.4, -0.2) is 35.5 Å². The van der Waals surface area contributed by atoms with E-state index in [1.165, 1.54) is 14.2 Å². The molecule has 0 aliphatic carbocycles. The predicted octanol–water partition coefficient (Wildman–Crippen LogP) is 5.17. The molecule has 0 bridgehead atoms. The van der Waals surface area contributed by atoms with E-state index in [0.29, 0.717) is 45.5 Å². The van der Waals surface area contributed by atoms with Gasteiger partial charge < -0.3 is 28.1 Å². The van der Waals surface area contributed by atoms with Crippen molar-refractivity contribution in [3.63, 3.8) is 0 Å². The molecule has 170 valence electrons. The number of fused-ring (bicyclic) bond motifs is 1. The normalized spacial score (nSPS) is 10.7. The van der Waals surface area contributed by atoms with Gasteiger partial charge in [-0.15, -0.1) is 0 Å². The number of hydrogen-bond donors (Lipinski definition) is 0. The Kier molecular flexibility index (Phi) is 6.13. The summed E-state index contributed by atoms with van der Waals surface area (Å²) in [6.07, 6.45) is 0. The summed E-state index contributed by atoms with van der Waals surface area (Å²) in [6.45, 7) is 0. The van der Waals surface area contributed by atoms with Crippen LogP contribution in [0, 0.1) is 0 Å². The molecular formula is C26H24O7. The van der Waals surface area contributed by atoms with Crippen molar-refractivity contribution in [1.82, 2.24) is 0 Å². The Labute approximate surface area is 191 Å². The molecule has 0 spiro atoms. The predicted molar refractivity (Wildman–Crippen MR) is 126 cm³/mol. The second-order valence-electron chi connectivity index (χ2n) is 7.11. The molecule has 0 fully saturated rings. The smallest absolute Gasteiger partial charge is 0.239 e. The van der Waals surface area contributed by atoms with Crippen molar-refractivity contribution in [2.24, 2.45) is 0 Å². The SMILES string of the molecule is COc1ccc(-c2oc3c(-c4ccc(OC)cc4)c(OC)cc(OC)c3c(=O)c2OC)cc1. The molecule has 33 heavy (non-hydrogen) atoms. The second kappa shape index (κ2) is 9.16. The first-order valence-corrected chi connectivity index (χ1v) is 10.1. The van der Waals surface area contributed by atoms with E-state index in [9.17, 15) is 4.79 Å². The van der Waals surface area contributed by atoms with E-state index in [4.69, 9.17) is 28.1 Å². The van der Waals surface area contributed by atoms with E-state index < -0.39 is 0 Å². The fourth-order valence-corrected chi connectivity index (χ4v) is 3.77. The highest BCUT2D eigenvalue weighted by Crippen LogP contribution is 2.44. The van der Waals surface area contributed by atoms with E-state index in [2.05, 4.69) is 0 Å². The lowest BCUT2D eigenvalue weighted by atomic mass is 9.99. The molecule has 3 aromatic carbocycles. The molecule has 7 heteroatoms. The summed E-state index contributed by atoms with van der Waals surface area (Å²) in [5.41, 5.74) is 2.04. The standard InChI is InChI=1S/C26H24O7/c1-28-17-10-6-15(7-11-17)21-19(30-3)14-20(31-4)22-23(27)26(32-5)24(33-25(21)22)16-8-12-18(29-2)13-9-16/h6-14H,1-5H3. The van der Waals surface area contributed by atoms with Gasteiger partial charge in [-0.05, 0) is 42.0 Å². The molecular weight excluding hydrogens is 424 g/mol. The summed E-state index contributed by atoms with van der Waals surface area (Å²) >= 11 is 0. The van der Waals surface area contributed by atoms with E-state index in [1.807, 2.05) is 24.3 Å². The van der Waals surface area contributed by atoms with Gasteiger partial charge in [-0.3, -0.25) is 4.79 Å². The first-order valence-electron chi connectivity index (χ1n) is 10.1. The maximum absolute atomic E-state index is 13.6. The van der Waals surface area contributed by atoms with Crippen LogP contribution >= 0.6 is 0 Å². The third-order valence-corrected chi connectivity index (χ3v) is 5.43. The number of benzene rings is 3. The van der Waals surface area contributed by atoms with E-state index in [-0.39, 0.29) is 16.6 Å². The zero-order valence-corrected chi connectivity index (χ0v) is 19.1. The molecule has 0 N–H and O–H groups in total. The summed E-state index contributed by atoms with van der Waals surface area (Å²) in [7, 11) is 7.67. The van der Waals surface area contributed by atoms with Gasteiger partial charge in [-0.2, -0.15) is 0 Å². The summed E-state index contributed by atoms with van der Waals surface area (Å²) in [5, 5.41) is 0.262. The number of ether oxygens (including phenoxy) is 5.